The van der Waals surface area contributed by atoms with Crippen LogP contribution in [0.2, 0.25) is 0 Å². The van der Waals surface area contributed by atoms with Crippen LogP contribution in [-0.4, -0.2) is 30.0 Å². The Morgan fingerprint density at radius 3 is 2.00 bits per heavy atom. The number of aromatic nitrogens is 1. The minimum atomic E-state index is -4.16. The molecule has 0 saturated carbocycles. The average Bonchev–Trinajstić information content (AvgIpc) is 2.95. The summed E-state index contributed by atoms with van der Waals surface area (Å²) in [6.45, 7) is 6.98. The van der Waals surface area contributed by atoms with Gasteiger partial charge in [0.15, 0.2) is 0 Å². The fourth-order valence-electron chi connectivity index (χ4n) is 4.05. The molecule has 0 bridgehead atoms. The molecule has 1 unspecified atom stereocenters. The summed E-state index contributed by atoms with van der Waals surface area (Å²) in [5.74, 6) is 0. The molecule has 0 aliphatic carbocycles. The Kier molecular flexibility index (Phi) is 11.2. The van der Waals surface area contributed by atoms with Crippen LogP contribution in [0.5, 0.6) is 0 Å². The number of rotatable bonds is 10. The highest BCUT2D eigenvalue weighted by Gasteiger charge is 2.18. The van der Waals surface area contributed by atoms with Gasteiger partial charge in [-0.25, -0.2) is 0 Å². The van der Waals surface area contributed by atoms with Crippen LogP contribution in [0, 0.1) is 6.92 Å². The summed E-state index contributed by atoms with van der Waals surface area (Å²) in [4.78, 5) is 6.61. The third kappa shape index (κ3) is 10.3. The van der Waals surface area contributed by atoms with E-state index in [1.807, 2.05) is 25.4 Å². The van der Waals surface area contributed by atoms with E-state index in [-0.39, 0.29) is 6.04 Å². The van der Waals surface area contributed by atoms with Gasteiger partial charge in [-0.15, -0.1) is 0 Å². The number of nitrogens with zero attached hydrogens (tertiary/aromatic N) is 2. The molecule has 1 aromatic heterocycles. The van der Waals surface area contributed by atoms with Crippen LogP contribution in [-0.2, 0) is 27.5 Å². The molecule has 3 aromatic carbocycles. The lowest BCUT2D eigenvalue weighted by atomic mass is 9.96. The maximum atomic E-state index is 9.33. The van der Waals surface area contributed by atoms with Crippen LogP contribution >= 0.6 is 0 Å². The molecule has 0 fully saturated rings. The van der Waals surface area contributed by atoms with Crippen molar-refractivity contribution in [3.8, 4) is 0 Å². The topological polar surface area (TPSA) is 79.7 Å². The van der Waals surface area contributed by atoms with Crippen molar-refractivity contribution in [3.63, 3.8) is 0 Å². The van der Waals surface area contributed by atoms with Crippen molar-refractivity contribution >= 4 is 22.6 Å². The maximum absolute atomic E-state index is 9.33. The standard InChI is InChI=1S/C31H30N2.CH4O4S/c1-3-33(24-29-12-8-5-9-13-29)31(23-27-10-6-4-7-11-27)30-18-16-26(17-19-30)14-15-28-20-21-32-25(2)22-28;1-5-6(2,3)4/h3-22,31H,1,23-24H2,2H3;1H3,(H,2,3,4). The fraction of sp³-hybridized carbons (Fsp3) is 0.156. The number of pyridine rings is 1. The summed E-state index contributed by atoms with van der Waals surface area (Å²) in [6, 6.07) is 34.5. The Bertz CT molecular complexity index is 1440. The summed E-state index contributed by atoms with van der Waals surface area (Å²) in [7, 11) is -3.29. The zero-order valence-electron chi connectivity index (χ0n) is 22.2. The van der Waals surface area contributed by atoms with Crippen LogP contribution in [0.1, 0.15) is 39.6 Å². The van der Waals surface area contributed by atoms with Gasteiger partial charge in [0.25, 0.3) is 0 Å². The second-order valence-electron chi connectivity index (χ2n) is 8.87. The van der Waals surface area contributed by atoms with Crippen molar-refractivity contribution in [2.45, 2.75) is 25.9 Å². The molecule has 0 amide bonds. The second kappa shape index (κ2) is 14.8. The Balaban J connectivity index is 0.000000631. The van der Waals surface area contributed by atoms with E-state index < -0.39 is 10.4 Å². The molecule has 0 radical (unpaired) electrons. The smallest absolute Gasteiger partial charge is 0.366 e. The van der Waals surface area contributed by atoms with E-state index >= 15 is 0 Å². The van der Waals surface area contributed by atoms with Gasteiger partial charge in [0.2, 0.25) is 0 Å². The number of hydrogen-bond donors (Lipinski definition) is 1. The highest BCUT2D eigenvalue weighted by Crippen LogP contribution is 2.28. The average molecular weight is 543 g/mol. The SMILES string of the molecule is C=CN(Cc1ccccc1)C(Cc1ccccc1)c1ccc(C=Cc2ccnc(C)c2)cc1.COS(=O)(=O)O. The predicted molar refractivity (Wildman–Crippen MR) is 158 cm³/mol. The van der Waals surface area contributed by atoms with Crippen LogP contribution in [0.3, 0.4) is 0 Å². The first kappa shape index (κ1) is 29.5. The van der Waals surface area contributed by atoms with Gasteiger partial charge in [-0.3, -0.25) is 13.7 Å². The van der Waals surface area contributed by atoms with Gasteiger partial charge in [-0.05, 0) is 59.5 Å². The van der Waals surface area contributed by atoms with Crippen LogP contribution in [0.4, 0.5) is 0 Å². The van der Waals surface area contributed by atoms with E-state index in [9.17, 15) is 8.42 Å². The molecule has 1 atom stereocenters. The molecule has 0 spiro atoms. The van der Waals surface area contributed by atoms with Gasteiger partial charge in [-0.1, -0.05) is 104 Å². The molecule has 0 aliphatic heterocycles. The third-order valence-corrected chi connectivity index (χ3v) is 6.46. The Morgan fingerprint density at radius 2 is 1.46 bits per heavy atom. The maximum Gasteiger partial charge on any atom is 0.397 e. The molecule has 4 rings (SSSR count). The summed E-state index contributed by atoms with van der Waals surface area (Å²) >= 11 is 0. The van der Waals surface area contributed by atoms with Crippen LogP contribution in [0.25, 0.3) is 12.2 Å². The van der Waals surface area contributed by atoms with Crippen LogP contribution < -0.4 is 0 Å². The molecular weight excluding hydrogens is 508 g/mol. The van der Waals surface area contributed by atoms with Crippen molar-refractivity contribution in [1.82, 2.24) is 9.88 Å². The van der Waals surface area contributed by atoms with Crippen molar-refractivity contribution in [3.05, 3.63) is 150 Å². The van der Waals surface area contributed by atoms with E-state index in [1.54, 1.807) is 0 Å². The van der Waals surface area contributed by atoms with Gasteiger partial charge in [0, 0.05) is 18.4 Å². The highest BCUT2D eigenvalue weighted by atomic mass is 32.3. The molecule has 1 N–H and O–H groups in total. The minimum Gasteiger partial charge on any atom is -0.366 e. The Morgan fingerprint density at radius 1 is 0.897 bits per heavy atom. The first-order chi connectivity index (χ1) is 18.8. The van der Waals surface area contributed by atoms with Crippen molar-refractivity contribution in [2.24, 2.45) is 0 Å². The summed E-state index contributed by atoms with van der Waals surface area (Å²) in [5.41, 5.74) is 7.25. The number of hydrogen-bond acceptors (Lipinski definition) is 5. The van der Waals surface area contributed by atoms with E-state index in [4.69, 9.17) is 4.55 Å². The van der Waals surface area contributed by atoms with E-state index in [0.29, 0.717) is 0 Å². The zero-order valence-corrected chi connectivity index (χ0v) is 23.0. The normalized spacial score (nSPS) is 11.9. The molecule has 0 aliphatic rings. The zero-order chi connectivity index (χ0) is 28.1. The lowest BCUT2D eigenvalue weighted by Crippen LogP contribution is -2.25. The molecule has 4 aromatic rings. The molecule has 6 nitrogen and oxygen atoms in total. The van der Waals surface area contributed by atoms with Gasteiger partial charge in [-0.2, -0.15) is 8.42 Å². The van der Waals surface area contributed by atoms with Gasteiger partial charge in [0.1, 0.15) is 0 Å². The number of aryl methyl sites for hydroxylation is 1. The first-order valence-electron chi connectivity index (χ1n) is 12.5. The summed E-state index contributed by atoms with van der Waals surface area (Å²) in [6.07, 6.45) is 9.03. The van der Waals surface area contributed by atoms with Gasteiger partial charge < -0.3 is 4.90 Å². The van der Waals surface area contributed by atoms with Crippen LogP contribution in [0.15, 0.2) is 116 Å². The van der Waals surface area contributed by atoms with E-state index in [1.165, 1.54) is 22.3 Å². The molecular formula is C32H34N2O4S. The van der Waals surface area contributed by atoms with Gasteiger partial charge in [0.05, 0.1) is 13.2 Å². The predicted octanol–water partition coefficient (Wildman–Crippen LogP) is 6.93. The minimum absolute atomic E-state index is 0.200. The van der Waals surface area contributed by atoms with Gasteiger partial charge >= 0.3 is 10.4 Å². The van der Waals surface area contributed by atoms with E-state index in [2.05, 4.69) is 124 Å². The fourth-order valence-corrected chi connectivity index (χ4v) is 4.05. The van der Waals surface area contributed by atoms with Crippen molar-refractivity contribution in [2.75, 3.05) is 7.11 Å². The summed E-state index contributed by atoms with van der Waals surface area (Å²) in [5, 5.41) is 0. The second-order valence-corrected chi connectivity index (χ2v) is 10.1. The summed E-state index contributed by atoms with van der Waals surface area (Å²) < 4.78 is 29.7. The van der Waals surface area contributed by atoms with E-state index in [0.717, 1.165) is 31.3 Å². The first-order valence-corrected chi connectivity index (χ1v) is 13.8. The molecule has 39 heavy (non-hydrogen) atoms. The molecule has 0 saturated heterocycles. The lowest BCUT2D eigenvalue weighted by molar-refractivity contribution is 0.270. The molecule has 1 heterocycles. The molecule has 202 valence electrons. The monoisotopic (exact) mass is 542 g/mol. The Labute approximate surface area is 231 Å². The third-order valence-electron chi connectivity index (χ3n) is 6.04. The highest BCUT2D eigenvalue weighted by molar-refractivity contribution is 7.80. The Hall–Kier alpha value is -4.04. The molecule has 7 heteroatoms. The van der Waals surface area contributed by atoms with Crippen molar-refractivity contribution < 1.29 is 17.2 Å². The number of benzene rings is 3. The lowest BCUT2D eigenvalue weighted by Gasteiger charge is -2.31. The quantitative estimate of drug-likeness (QED) is 0.219. The van der Waals surface area contributed by atoms with Crippen molar-refractivity contribution in [1.29, 1.82) is 0 Å². The largest absolute Gasteiger partial charge is 0.397 e.